The van der Waals surface area contributed by atoms with Crippen molar-refractivity contribution in [1.82, 2.24) is 4.90 Å². The molecule has 0 aliphatic rings. The Bertz CT molecular complexity index is 787. The predicted octanol–water partition coefficient (Wildman–Crippen LogP) is 3.05. The van der Waals surface area contributed by atoms with Crippen LogP contribution in [0.3, 0.4) is 0 Å². The van der Waals surface area contributed by atoms with Crippen LogP contribution in [0.2, 0.25) is 0 Å². The Labute approximate surface area is 151 Å². The number of carbonyl (C=O) groups excluding carboxylic acids is 2. The summed E-state index contributed by atoms with van der Waals surface area (Å²) >= 11 is 0. The van der Waals surface area contributed by atoms with Gasteiger partial charge in [0, 0.05) is 19.7 Å². The first-order chi connectivity index (χ1) is 12.5. The number of carbonyl (C=O) groups is 2. The smallest absolute Gasteiger partial charge is 0.331 e. The highest BCUT2D eigenvalue weighted by molar-refractivity contribution is 5.89. The number of rotatable bonds is 7. The van der Waals surface area contributed by atoms with E-state index in [2.05, 4.69) is 0 Å². The Balaban J connectivity index is 1.81. The molecule has 0 heterocycles. The molecule has 2 rings (SSSR count). The third-order valence-corrected chi connectivity index (χ3v) is 3.60. The van der Waals surface area contributed by atoms with Gasteiger partial charge in [-0.25, -0.2) is 9.18 Å². The van der Waals surface area contributed by atoms with Crippen LogP contribution < -0.4 is 4.74 Å². The Kier molecular flexibility index (Phi) is 6.91. The maximum Gasteiger partial charge on any atom is 0.331 e. The minimum absolute atomic E-state index is 0.302. The second-order valence-corrected chi connectivity index (χ2v) is 5.59. The molecule has 0 atom stereocenters. The van der Waals surface area contributed by atoms with Gasteiger partial charge in [0.25, 0.3) is 5.91 Å². The number of ether oxygens (including phenoxy) is 2. The summed E-state index contributed by atoms with van der Waals surface area (Å²) in [6, 6.07) is 13.0. The van der Waals surface area contributed by atoms with Crippen LogP contribution in [0.5, 0.6) is 5.75 Å². The summed E-state index contributed by atoms with van der Waals surface area (Å²) in [6.07, 6.45) is 2.83. The molecule has 6 heteroatoms. The maximum atomic E-state index is 12.9. The van der Waals surface area contributed by atoms with Gasteiger partial charge < -0.3 is 14.4 Å². The first kappa shape index (κ1) is 19.2. The molecule has 0 aliphatic heterocycles. The quantitative estimate of drug-likeness (QED) is 0.565. The number of hydrogen-bond donors (Lipinski definition) is 0. The van der Waals surface area contributed by atoms with Crippen LogP contribution in [0, 0.1) is 5.82 Å². The normalized spacial score (nSPS) is 10.6. The summed E-state index contributed by atoms with van der Waals surface area (Å²) in [7, 11) is 3.15. The lowest BCUT2D eigenvalue weighted by atomic mass is 10.2. The molecule has 2 aromatic rings. The molecule has 0 bridgehead atoms. The van der Waals surface area contributed by atoms with Crippen molar-refractivity contribution in [2.24, 2.45) is 0 Å². The molecule has 1 amide bonds. The zero-order chi connectivity index (χ0) is 18.9. The molecule has 136 valence electrons. The van der Waals surface area contributed by atoms with E-state index in [1.165, 1.54) is 23.1 Å². The standard InChI is InChI=1S/C20H20FNO4/c1-22(13-16-6-9-17(21)10-7-16)19(23)14-26-20(24)11-8-15-4-3-5-18(12-15)25-2/h3-12H,13-14H2,1-2H3. The van der Waals surface area contributed by atoms with Crippen LogP contribution in [0.25, 0.3) is 6.08 Å². The van der Waals surface area contributed by atoms with E-state index in [0.717, 1.165) is 11.1 Å². The maximum absolute atomic E-state index is 12.9. The Morgan fingerprint density at radius 1 is 1.15 bits per heavy atom. The number of hydrogen-bond acceptors (Lipinski definition) is 4. The van der Waals surface area contributed by atoms with Crippen molar-refractivity contribution in [2.75, 3.05) is 20.8 Å². The highest BCUT2D eigenvalue weighted by Gasteiger charge is 2.11. The fourth-order valence-corrected chi connectivity index (χ4v) is 2.15. The minimum atomic E-state index is -0.614. The molecule has 0 aliphatic carbocycles. The van der Waals surface area contributed by atoms with Crippen molar-refractivity contribution in [3.05, 3.63) is 71.6 Å². The van der Waals surface area contributed by atoms with Crippen molar-refractivity contribution in [3.63, 3.8) is 0 Å². The van der Waals surface area contributed by atoms with E-state index in [1.807, 2.05) is 6.07 Å². The lowest BCUT2D eigenvalue weighted by Crippen LogP contribution is -2.30. The highest BCUT2D eigenvalue weighted by Crippen LogP contribution is 2.13. The van der Waals surface area contributed by atoms with E-state index in [4.69, 9.17) is 9.47 Å². The molecule has 0 fully saturated rings. The summed E-state index contributed by atoms with van der Waals surface area (Å²) in [6.45, 7) is -0.0602. The topological polar surface area (TPSA) is 55.8 Å². The summed E-state index contributed by atoms with van der Waals surface area (Å²) in [4.78, 5) is 25.2. The van der Waals surface area contributed by atoms with Crippen LogP contribution in [-0.4, -0.2) is 37.5 Å². The molecule has 0 N–H and O–H groups in total. The van der Waals surface area contributed by atoms with Crippen LogP contribution in [0.15, 0.2) is 54.6 Å². The molecule has 2 aromatic carbocycles. The number of likely N-dealkylation sites (N-methyl/N-ethyl adjacent to an activating group) is 1. The summed E-state index contributed by atoms with van der Waals surface area (Å²) in [5.74, 6) is -0.619. The molecular weight excluding hydrogens is 337 g/mol. The molecule has 0 spiro atoms. The molecule has 0 saturated heterocycles. The summed E-state index contributed by atoms with van der Waals surface area (Å²) in [5, 5.41) is 0. The van der Waals surface area contributed by atoms with Crippen molar-refractivity contribution in [2.45, 2.75) is 6.54 Å². The van der Waals surface area contributed by atoms with E-state index < -0.39 is 5.97 Å². The van der Waals surface area contributed by atoms with Gasteiger partial charge in [0.2, 0.25) is 0 Å². The van der Waals surface area contributed by atoms with Crippen LogP contribution >= 0.6 is 0 Å². The summed E-state index contributed by atoms with van der Waals surface area (Å²) < 4.78 is 22.9. The number of halogens is 1. The Morgan fingerprint density at radius 2 is 1.88 bits per heavy atom. The predicted molar refractivity (Wildman–Crippen MR) is 95.9 cm³/mol. The zero-order valence-electron chi connectivity index (χ0n) is 14.6. The molecule has 0 radical (unpaired) electrons. The average molecular weight is 357 g/mol. The zero-order valence-corrected chi connectivity index (χ0v) is 14.6. The SMILES string of the molecule is COc1cccc(C=CC(=O)OCC(=O)N(C)Cc2ccc(F)cc2)c1. The van der Waals surface area contributed by atoms with Crippen molar-refractivity contribution < 1.29 is 23.5 Å². The number of amides is 1. The van der Waals surface area contributed by atoms with Gasteiger partial charge in [-0.2, -0.15) is 0 Å². The van der Waals surface area contributed by atoms with Crippen LogP contribution in [-0.2, 0) is 20.9 Å². The van der Waals surface area contributed by atoms with Crippen LogP contribution in [0.4, 0.5) is 4.39 Å². The van der Waals surface area contributed by atoms with Crippen molar-refractivity contribution >= 4 is 18.0 Å². The third-order valence-electron chi connectivity index (χ3n) is 3.60. The minimum Gasteiger partial charge on any atom is -0.497 e. The van der Waals surface area contributed by atoms with Gasteiger partial charge >= 0.3 is 5.97 Å². The van der Waals surface area contributed by atoms with Crippen molar-refractivity contribution in [3.8, 4) is 5.75 Å². The van der Waals surface area contributed by atoms with Gasteiger partial charge in [-0.1, -0.05) is 24.3 Å². The molecule has 26 heavy (non-hydrogen) atoms. The average Bonchev–Trinajstić information content (AvgIpc) is 2.66. The molecular formula is C20H20FNO4. The van der Waals surface area contributed by atoms with E-state index in [0.29, 0.717) is 12.3 Å². The Hall–Kier alpha value is -3.15. The van der Waals surface area contributed by atoms with Gasteiger partial charge in [-0.3, -0.25) is 4.79 Å². The second-order valence-electron chi connectivity index (χ2n) is 5.59. The van der Waals surface area contributed by atoms with Gasteiger partial charge in [-0.05, 0) is 41.5 Å². The van der Waals surface area contributed by atoms with Gasteiger partial charge in [0.05, 0.1) is 7.11 Å². The summed E-state index contributed by atoms with van der Waals surface area (Å²) in [5.41, 5.74) is 1.56. The molecule has 0 unspecified atom stereocenters. The van der Waals surface area contributed by atoms with E-state index in [9.17, 15) is 14.0 Å². The molecule has 0 aromatic heterocycles. The second kappa shape index (κ2) is 9.36. The van der Waals surface area contributed by atoms with E-state index >= 15 is 0 Å². The Morgan fingerprint density at radius 3 is 2.58 bits per heavy atom. The monoisotopic (exact) mass is 357 g/mol. The van der Waals surface area contributed by atoms with Crippen molar-refractivity contribution in [1.29, 1.82) is 0 Å². The largest absolute Gasteiger partial charge is 0.497 e. The lowest BCUT2D eigenvalue weighted by molar-refractivity contribution is -0.147. The fraction of sp³-hybridized carbons (Fsp3) is 0.200. The van der Waals surface area contributed by atoms with Crippen LogP contribution in [0.1, 0.15) is 11.1 Å². The third kappa shape index (κ3) is 6.05. The number of nitrogens with zero attached hydrogens (tertiary/aromatic N) is 1. The van der Waals surface area contributed by atoms with E-state index in [1.54, 1.807) is 50.6 Å². The number of benzene rings is 2. The first-order valence-electron chi connectivity index (χ1n) is 7.95. The molecule has 0 saturated carbocycles. The number of esters is 1. The first-order valence-corrected chi connectivity index (χ1v) is 7.95. The van der Waals surface area contributed by atoms with Gasteiger partial charge in [-0.15, -0.1) is 0 Å². The lowest BCUT2D eigenvalue weighted by Gasteiger charge is -2.16. The fourth-order valence-electron chi connectivity index (χ4n) is 2.15. The molecule has 5 nitrogen and oxygen atoms in total. The van der Waals surface area contributed by atoms with Gasteiger partial charge in [0.15, 0.2) is 6.61 Å². The van der Waals surface area contributed by atoms with Gasteiger partial charge in [0.1, 0.15) is 11.6 Å². The number of methoxy groups -OCH3 is 1. The highest BCUT2D eigenvalue weighted by atomic mass is 19.1. The van der Waals surface area contributed by atoms with E-state index in [-0.39, 0.29) is 18.3 Å².